The summed E-state index contributed by atoms with van der Waals surface area (Å²) in [7, 11) is 0. The molecule has 0 aromatic carbocycles. The molecule has 1 aliphatic rings. The van der Waals surface area contributed by atoms with Gasteiger partial charge in [0, 0.05) is 0 Å². The average molecular weight is 225 g/mol. The van der Waals surface area contributed by atoms with Crippen LogP contribution in [0.4, 0.5) is 0 Å². The van der Waals surface area contributed by atoms with E-state index in [0.717, 1.165) is 45.2 Å². The Hall–Kier alpha value is -0.380. The summed E-state index contributed by atoms with van der Waals surface area (Å²) < 4.78 is 0. The van der Waals surface area contributed by atoms with Gasteiger partial charge in [0.05, 0.1) is 5.60 Å². The van der Waals surface area contributed by atoms with Crippen LogP contribution in [0.25, 0.3) is 0 Å². The Morgan fingerprint density at radius 2 is 2.33 bits per heavy atom. The van der Waals surface area contributed by atoms with Gasteiger partial charge in [-0.05, 0) is 67.6 Å². The molecule has 15 heavy (non-hydrogen) atoms. The lowest BCUT2D eigenvalue weighted by molar-refractivity contribution is 0.0199. The minimum absolute atomic E-state index is 0.425. The lowest BCUT2D eigenvalue weighted by atomic mass is 9.89. The highest BCUT2D eigenvalue weighted by Gasteiger charge is 2.27. The third-order valence-corrected chi connectivity index (χ3v) is 3.95. The topological polar surface area (TPSA) is 32.3 Å². The molecule has 0 spiro atoms. The van der Waals surface area contributed by atoms with Crippen molar-refractivity contribution in [2.75, 3.05) is 13.1 Å². The normalized spacial score (nSPS) is 27.5. The number of aryl methyl sites for hydroxylation is 1. The number of rotatable bonds is 3. The van der Waals surface area contributed by atoms with E-state index < -0.39 is 5.60 Å². The van der Waals surface area contributed by atoms with Gasteiger partial charge in [-0.3, -0.25) is 0 Å². The molecule has 0 saturated carbocycles. The summed E-state index contributed by atoms with van der Waals surface area (Å²) in [5, 5.41) is 18.0. The van der Waals surface area contributed by atoms with Crippen molar-refractivity contribution >= 4 is 11.3 Å². The number of hydrogen-bond donors (Lipinski definition) is 2. The van der Waals surface area contributed by atoms with Crippen LogP contribution in [0.3, 0.4) is 0 Å². The van der Waals surface area contributed by atoms with Crippen molar-refractivity contribution in [2.45, 2.75) is 37.7 Å². The Bertz CT molecular complexity index is 276. The van der Waals surface area contributed by atoms with E-state index in [1.807, 2.05) is 0 Å². The maximum atomic E-state index is 10.4. The molecule has 0 bridgehead atoms. The fourth-order valence-corrected chi connectivity index (χ4v) is 2.88. The summed E-state index contributed by atoms with van der Waals surface area (Å²) in [4.78, 5) is 0. The van der Waals surface area contributed by atoms with Crippen LogP contribution in [-0.2, 0) is 6.42 Å². The average Bonchev–Trinajstić information content (AvgIpc) is 2.65. The summed E-state index contributed by atoms with van der Waals surface area (Å²) in [6.07, 6.45) is 4.87. The fourth-order valence-electron chi connectivity index (χ4n) is 2.18. The van der Waals surface area contributed by atoms with Gasteiger partial charge in [-0.25, -0.2) is 0 Å². The smallest absolute Gasteiger partial charge is 0.0663 e. The molecule has 2 N–H and O–H groups in total. The molecule has 0 amide bonds. The van der Waals surface area contributed by atoms with Gasteiger partial charge < -0.3 is 10.4 Å². The summed E-state index contributed by atoms with van der Waals surface area (Å²) in [6, 6.07) is 2.16. The molecule has 2 heterocycles. The van der Waals surface area contributed by atoms with Crippen LogP contribution >= 0.6 is 11.3 Å². The quantitative estimate of drug-likeness (QED) is 0.826. The molecule has 2 rings (SSSR count). The lowest BCUT2D eigenvalue weighted by Crippen LogP contribution is -2.30. The Morgan fingerprint density at radius 3 is 3.13 bits per heavy atom. The first-order valence-electron chi connectivity index (χ1n) is 5.73. The molecule has 1 fully saturated rings. The molecule has 1 unspecified atom stereocenters. The first kappa shape index (κ1) is 11.1. The van der Waals surface area contributed by atoms with Crippen LogP contribution in [-0.4, -0.2) is 23.8 Å². The highest BCUT2D eigenvalue weighted by Crippen LogP contribution is 2.25. The van der Waals surface area contributed by atoms with E-state index in [2.05, 4.69) is 22.1 Å². The largest absolute Gasteiger partial charge is 0.390 e. The van der Waals surface area contributed by atoms with Crippen LogP contribution < -0.4 is 5.32 Å². The van der Waals surface area contributed by atoms with Gasteiger partial charge >= 0.3 is 0 Å². The first-order valence-corrected chi connectivity index (χ1v) is 6.67. The number of nitrogens with one attached hydrogen (secondary N) is 1. The second-order valence-corrected chi connectivity index (χ2v) is 5.24. The molecule has 84 valence electrons. The number of thiophene rings is 1. The lowest BCUT2D eigenvalue weighted by Gasteiger charge is -2.26. The molecule has 0 radical (unpaired) electrons. The third kappa shape index (κ3) is 3.30. The van der Waals surface area contributed by atoms with Crippen LogP contribution in [0.2, 0.25) is 0 Å². The molecule has 1 saturated heterocycles. The second kappa shape index (κ2) is 5.10. The van der Waals surface area contributed by atoms with Gasteiger partial charge in [0.15, 0.2) is 0 Å². The highest BCUT2D eigenvalue weighted by molar-refractivity contribution is 7.07. The van der Waals surface area contributed by atoms with Crippen LogP contribution in [0.1, 0.15) is 31.2 Å². The van der Waals surface area contributed by atoms with E-state index in [9.17, 15) is 5.11 Å². The minimum atomic E-state index is -0.425. The van der Waals surface area contributed by atoms with Crippen molar-refractivity contribution in [3.8, 4) is 0 Å². The molecular weight excluding hydrogens is 206 g/mol. The SMILES string of the molecule is OC1(CCc2ccsc2)CCCNCC1. The Labute approximate surface area is 95.3 Å². The monoisotopic (exact) mass is 225 g/mol. The second-order valence-electron chi connectivity index (χ2n) is 4.46. The molecule has 3 heteroatoms. The molecule has 1 aliphatic heterocycles. The van der Waals surface area contributed by atoms with Crippen LogP contribution in [0, 0.1) is 0 Å². The van der Waals surface area contributed by atoms with Gasteiger partial charge in [0.1, 0.15) is 0 Å². The molecule has 1 atom stereocenters. The molecule has 0 aliphatic carbocycles. The predicted octanol–water partition coefficient (Wildman–Crippen LogP) is 2.19. The highest BCUT2D eigenvalue weighted by atomic mass is 32.1. The van der Waals surface area contributed by atoms with E-state index in [-0.39, 0.29) is 0 Å². The standard InChI is InChI=1S/C12H19NOS/c14-12(4-1-7-13-8-6-12)5-2-11-3-9-15-10-11/h3,9-10,13-14H,1-2,4-8H2. The van der Waals surface area contributed by atoms with Crippen molar-refractivity contribution in [1.82, 2.24) is 5.32 Å². The zero-order chi connectivity index (χ0) is 10.6. The predicted molar refractivity (Wildman–Crippen MR) is 64.3 cm³/mol. The van der Waals surface area contributed by atoms with E-state index in [1.54, 1.807) is 11.3 Å². The van der Waals surface area contributed by atoms with Gasteiger partial charge in [-0.2, -0.15) is 11.3 Å². The molecule has 2 nitrogen and oxygen atoms in total. The first-order chi connectivity index (χ1) is 7.29. The number of hydrogen-bond acceptors (Lipinski definition) is 3. The van der Waals surface area contributed by atoms with E-state index in [4.69, 9.17) is 0 Å². The van der Waals surface area contributed by atoms with Crippen molar-refractivity contribution in [1.29, 1.82) is 0 Å². The Kier molecular flexibility index (Phi) is 3.78. The summed E-state index contributed by atoms with van der Waals surface area (Å²) in [5.74, 6) is 0. The molecule has 1 aromatic rings. The van der Waals surface area contributed by atoms with Crippen molar-refractivity contribution in [3.63, 3.8) is 0 Å². The van der Waals surface area contributed by atoms with E-state index >= 15 is 0 Å². The maximum absolute atomic E-state index is 10.4. The zero-order valence-electron chi connectivity index (χ0n) is 9.04. The Balaban J connectivity index is 1.86. The summed E-state index contributed by atoms with van der Waals surface area (Å²) >= 11 is 1.74. The maximum Gasteiger partial charge on any atom is 0.0663 e. The van der Waals surface area contributed by atoms with Gasteiger partial charge in [-0.15, -0.1) is 0 Å². The molecule has 1 aromatic heterocycles. The zero-order valence-corrected chi connectivity index (χ0v) is 9.85. The molecular formula is C12H19NOS. The van der Waals surface area contributed by atoms with E-state index in [1.165, 1.54) is 5.56 Å². The minimum Gasteiger partial charge on any atom is -0.390 e. The van der Waals surface area contributed by atoms with E-state index in [0.29, 0.717) is 0 Å². The van der Waals surface area contributed by atoms with Gasteiger partial charge in [0.2, 0.25) is 0 Å². The Morgan fingerprint density at radius 1 is 1.40 bits per heavy atom. The van der Waals surface area contributed by atoms with Gasteiger partial charge in [-0.1, -0.05) is 0 Å². The number of aliphatic hydroxyl groups is 1. The van der Waals surface area contributed by atoms with Gasteiger partial charge in [0.25, 0.3) is 0 Å². The van der Waals surface area contributed by atoms with Crippen molar-refractivity contribution in [2.24, 2.45) is 0 Å². The summed E-state index contributed by atoms with van der Waals surface area (Å²) in [6.45, 7) is 2.01. The van der Waals surface area contributed by atoms with Crippen molar-refractivity contribution < 1.29 is 5.11 Å². The third-order valence-electron chi connectivity index (χ3n) is 3.22. The van der Waals surface area contributed by atoms with Crippen LogP contribution in [0.15, 0.2) is 16.8 Å². The fraction of sp³-hybridized carbons (Fsp3) is 0.667. The van der Waals surface area contributed by atoms with Crippen molar-refractivity contribution in [3.05, 3.63) is 22.4 Å². The summed E-state index contributed by atoms with van der Waals surface area (Å²) in [5.41, 5.74) is 0.941. The van der Waals surface area contributed by atoms with Crippen LogP contribution in [0.5, 0.6) is 0 Å².